The van der Waals surface area contributed by atoms with E-state index in [1.54, 1.807) is 44.2 Å². The maximum absolute atomic E-state index is 13.6. The summed E-state index contributed by atoms with van der Waals surface area (Å²) in [5.41, 5.74) is 1.74. The first-order valence-electron chi connectivity index (χ1n) is 12.9. The van der Waals surface area contributed by atoms with Gasteiger partial charge in [0.05, 0.1) is 12.7 Å². The third-order valence-electron chi connectivity index (χ3n) is 6.04. The zero-order valence-electron chi connectivity index (χ0n) is 23.1. The number of nitrogens with zero attached hydrogens (tertiary/aromatic N) is 1. The number of aliphatic carboxylic acids is 2. The van der Waals surface area contributed by atoms with Gasteiger partial charge in [0, 0.05) is 30.3 Å². The van der Waals surface area contributed by atoms with Crippen LogP contribution in [-0.2, 0) is 36.8 Å². The van der Waals surface area contributed by atoms with E-state index in [9.17, 15) is 34.2 Å². The maximum Gasteiger partial charge on any atom is 0.326 e. The first kappa shape index (κ1) is 31.7. The van der Waals surface area contributed by atoms with Crippen molar-refractivity contribution in [2.75, 3.05) is 0 Å². The van der Waals surface area contributed by atoms with Gasteiger partial charge in [0.25, 0.3) is 0 Å². The van der Waals surface area contributed by atoms with Crippen LogP contribution in [0, 0.1) is 5.92 Å². The molecule has 0 aliphatic rings. The molecule has 40 heavy (non-hydrogen) atoms. The number of allylic oxidation sites excluding steroid dienone is 1. The molecule has 12 heteroatoms. The van der Waals surface area contributed by atoms with Gasteiger partial charge in [-0.3, -0.25) is 19.2 Å². The predicted molar refractivity (Wildman–Crippen MR) is 146 cm³/mol. The number of carbonyl (C=O) groups is 5. The van der Waals surface area contributed by atoms with Gasteiger partial charge in [0.15, 0.2) is 0 Å². The molecule has 1 aromatic heterocycles. The van der Waals surface area contributed by atoms with Crippen molar-refractivity contribution in [3.63, 3.8) is 0 Å². The van der Waals surface area contributed by atoms with Crippen molar-refractivity contribution in [1.82, 2.24) is 25.9 Å². The molecular formula is C28H37N5O7. The quantitative estimate of drug-likeness (QED) is 0.179. The van der Waals surface area contributed by atoms with E-state index in [2.05, 4.69) is 25.9 Å². The Bertz CT molecular complexity index is 1200. The van der Waals surface area contributed by atoms with Crippen molar-refractivity contribution in [3.8, 4) is 0 Å². The first-order valence-corrected chi connectivity index (χ1v) is 12.9. The number of aromatic amines is 1. The lowest BCUT2D eigenvalue weighted by molar-refractivity contribution is -0.142. The molecule has 0 aliphatic heterocycles. The number of benzene rings is 1. The number of aromatic nitrogens is 2. The largest absolute Gasteiger partial charge is 0.481 e. The number of carbonyl (C=O) groups excluding carboxylic acids is 3. The van der Waals surface area contributed by atoms with Crippen molar-refractivity contribution >= 4 is 29.7 Å². The molecule has 0 bridgehead atoms. The van der Waals surface area contributed by atoms with Crippen LogP contribution in [0.25, 0.3) is 0 Å². The van der Waals surface area contributed by atoms with Gasteiger partial charge >= 0.3 is 11.9 Å². The van der Waals surface area contributed by atoms with Crippen molar-refractivity contribution in [3.05, 3.63) is 65.3 Å². The predicted octanol–water partition coefficient (Wildman–Crippen LogP) is 1.59. The monoisotopic (exact) mass is 555 g/mol. The zero-order valence-corrected chi connectivity index (χ0v) is 23.1. The maximum atomic E-state index is 13.6. The highest BCUT2D eigenvalue weighted by atomic mass is 16.4. The Morgan fingerprint density at radius 1 is 0.875 bits per heavy atom. The summed E-state index contributed by atoms with van der Waals surface area (Å²) in [6, 6.07) is 5.35. The highest BCUT2D eigenvalue weighted by Gasteiger charge is 2.31. The van der Waals surface area contributed by atoms with Crippen LogP contribution in [0.4, 0.5) is 0 Å². The van der Waals surface area contributed by atoms with E-state index < -0.39 is 54.2 Å². The second-order valence-electron chi connectivity index (χ2n) is 10.1. The highest BCUT2D eigenvalue weighted by molar-refractivity contribution is 6.01. The Morgan fingerprint density at radius 2 is 1.48 bits per heavy atom. The number of imidazole rings is 1. The number of hydrogen-bond acceptors (Lipinski definition) is 6. The topological polar surface area (TPSA) is 191 Å². The minimum Gasteiger partial charge on any atom is -0.481 e. The second kappa shape index (κ2) is 15.2. The summed E-state index contributed by atoms with van der Waals surface area (Å²) in [5, 5.41) is 26.6. The van der Waals surface area contributed by atoms with Gasteiger partial charge < -0.3 is 31.1 Å². The summed E-state index contributed by atoms with van der Waals surface area (Å²) in [6.07, 6.45) is 2.59. The van der Waals surface area contributed by atoms with Crippen LogP contribution >= 0.6 is 0 Å². The molecule has 0 saturated heterocycles. The van der Waals surface area contributed by atoms with E-state index in [-0.39, 0.29) is 30.8 Å². The fourth-order valence-electron chi connectivity index (χ4n) is 4.00. The van der Waals surface area contributed by atoms with Crippen LogP contribution in [0.15, 0.2) is 54.0 Å². The molecule has 0 unspecified atom stereocenters. The second-order valence-corrected chi connectivity index (χ2v) is 10.1. The molecule has 3 amide bonds. The van der Waals surface area contributed by atoms with Gasteiger partial charge in [-0.25, -0.2) is 9.78 Å². The van der Waals surface area contributed by atoms with Crippen LogP contribution in [0.3, 0.4) is 0 Å². The number of carboxylic acid groups (broad SMARTS) is 2. The van der Waals surface area contributed by atoms with E-state index in [4.69, 9.17) is 0 Å². The number of nitrogens with one attached hydrogen (secondary N) is 4. The van der Waals surface area contributed by atoms with Gasteiger partial charge in [-0.05, 0) is 31.7 Å². The zero-order chi connectivity index (χ0) is 29.8. The van der Waals surface area contributed by atoms with Gasteiger partial charge in [0.2, 0.25) is 17.7 Å². The molecule has 3 atom stereocenters. The third-order valence-corrected chi connectivity index (χ3v) is 6.04. The average molecular weight is 556 g/mol. The number of carboxylic acids is 2. The van der Waals surface area contributed by atoms with Crippen LogP contribution in [-0.4, -0.2) is 68.0 Å². The molecule has 1 aromatic carbocycles. The molecular weight excluding hydrogens is 518 g/mol. The molecule has 0 saturated carbocycles. The van der Waals surface area contributed by atoms with E-state index >= 15 is 0 Å². The van der Waals surface area contributed by atoms with E-state index in [0.29, 0.717) is 11.3 Å². The summed E-state index contributed by atoms with van der Waals surface area (Å²) in [4.78, 5) is 69.7. The highest BCUT2D eigenvalue weighted by Crippen LogP contribution is 2.12. The molecule has 0 radical (unpaired) electrons. The summed E-state index contributed by atoms with van der Waals surface area (Å²) in [5.74, 6) is -4.53. The van der Waals surface area contributed by atoms with E-state index in [1.807, 2.05) is 13.8 Å². The first-order chi connectivity index (χ1) is 18.9. The summed E-state index contributed by atoms with van der Waals surface area (Å²) >= 11 is 0. The Labute approximate surface area is 232 Å². The van der Waals surface area contributed by atoms with Crippen molar-refractivity contribution in [2.45, 2.75) is 71.5 Å². The SMILES string of the molecule is CC(C)=C(CC(=O)O)C(=O)N[C@@H](Cc1ccccc1)C(=O)N[C@@H](Cc1cnc[nH]1)C(=O)N[C@@H](CC(C)C)C(=O)O. The number of H-pyrrole nitrogens is 1. The normalized spacial score (nSPS) is 13.0. The van der Waals surface area contributed by atoms with E-state index in [1.165, 1.54) is 12.5 Å². The molecule has 0 aliphatic carbocycles. The fourth-order valence-corrected chi connectivity index (χ4v) is 4.00. The third kappa shape index (κ3) is 10.4. The van der Waals surface area contributed by atoms with Crippen LogP contribution < -0.4 is 16.0 Å². The molecule has 0 fully saturated rings. The standard InChI is InChI=1S/C28H37N5O7/c1-16(2)10-23(28(39)40)33-27(38)22(12-19-14-29-15-30-19)32-26(37)21(11-18-8-6-5-7-9-18)31-25(36)20(17(3)4)13-24(34)35/h5-9,14-16,21-23H,10-13H2,1-4H3,(H,29,30)(H,31,36)(H,32,37)(H,33,38)(H,34,35)(H,39,40)/t21-,22-,23-/m0/s1. The summed E-state index contributed by atoms with van der Waals surface area (Å²) in [7, 11) is 0. The molecule has 0 spiro atoms. The Morgan fingerprint density at radius 3 is 1.98 bits per heavy atom. The number of hydrogen-bond donors (Lipinski definition) is 6. The number of amides is 3. The average Bonchev–Trinajstić information content (AvgIpc) is 3.39. The molecule has 6 N–H and O–H groups in total. The minimum absolute atomic E-state index is 0.0115. The van der Waals surface area contributed by atoms with Crippen LogP contribution in [0.5, 0.6) is 0 Å². The molecule has 1 heterocycles. The molecule has 216 valence electrons. The Balaban J connectivity index is 2.34. The van der Waals surface area contributed by atoms with Gasteiger partial charge in [0.1, 0.15) is 18.1 Å². The van der Waals surface area contributed by atoms with Gasteiger partial charge in [-0.15, -0.1) is 0 Å². The lowest BCUT2D eigenvalue weighted by atomic mass is 10.0. The van der Waals surface area contributed by atoms with Crippen molar-refractivity contribution < 1.29 is 34.2 Å². The number of rotatable bonds is 15. The molecule has 12 nitrogen and oxygen atoms in total. The van der Waals surface area contributed by atoms with Gasteiger partial charge in [-0.1, -0.05) is 49.8 Å². The lowest BCUT2D eigenvalue weighted by Crippen LogP contribution is -2.57. The molecule has 2 aromatic rings. The van der Waals surface area contributed by atoms with E-state index in [0.717, 1.165) is 5.56 Å². The summed E-state index contributed by atoms with van der Waals surface area (Å²) in [6.45, 7) is 6.86. The van der Waals surface area contributed by atoms with Crippen LogP contribution in [0.2, 0.25) is 0 Å². The Hall–Kier alpha value is -4.48. The lowest BCUT2D eigenvalue weighted by Gasteiger charge is -2.25. The van der Waals surface area contributed by atoms with Gasteiger partial charge in [-0.2, -0.15) is 0 Å². The van der Waals surface area contributed by atoms with Crippen LogP contribution in [0.1, 0.15) is 51.8 Å². The van der Waals surface area contributed by atoms with Crippen molar-refractivity contribution in [2.24, 2.45) is 5.92 Å². The molecule has 2 rings (SSSR count). The van der Waals surface area contributed by atoms with Crippen molar-refractivity contribution in [1.29, 1.82) is 0 Å². The fraction of sp³-hybridized carbons (Fsp3) is 0.429. The Kier molecular flexibility index (Phi) is 12.1. The minimum atomic E-state index is -1.20. The summed E-state index contributed by atoms with van der Waals surface area (Å²) < 4.78 is 0. The smallest absolute Gasteiger partial charge is 0.326 e.